The van der Waals surface area contributed by atoms with Gasteiger partial charge in [-0.3, -0.25) is 24.1 Å². The van der Waals surface area contributed by atoms with Gasteiger partial charge < -0.3 is 36.1 Å². The molecule has 5 N–H and O–H groups in total. The SMILES string of the molecule is CCC1CC1.CCCCCC(C)C(NC(=O)NC(CN(C)C(O)CC(C)(C)CC=O)C(C)(C)C)C(=O)N1CCCC(C(=O)NC(C)CCC)C1.O=CC(=O)NC1CC1. The Hall–Kier alpha value is -3.06. The summed E-state index contributed by atoms with van der Waals surface area (Å²) in [6.07, 6.45) is 15.0. The molecule has 5 amide bonds. The van der Waals surface area contributed by atoms with Gasteiger partial charge in [0, 0.05) is 44.2 Å². The third kappa shape index (κ3) is 22.3. The van der Waals surface area contributed by atoms with Crippen LogP contribution in [0.25, 0.3) is 0 Å². The smallest absolute Gasteiger partial charge is 0.315 e. The van der Waals surface area contributed by atoms with Gasteiger partial charge >= 0.3 is 6.03 Å². The molecule has 1 saturated heterocycles. The number of hydrogen-bond donors (Lipinski definition) is 5. The molecule has 3 rings (SSSR count). The van der Waals surface area contributed by atoms with E-state index < -0.39 is 24.2 Å². The van der Waals surface area contributed by atoms with Crippen LogP contribution < -0.4 is 21.3 Å². The maximum atomic E-state index is 14.0. The van der Waals surface area contributed by atoms with Crippen LogP contribution in [0.1, 0.15) is 166 Å². The summed E-state index contributed by atoms with van der Waals surface area (Å²) in [4.78, 5) is 75.1. The number of carbonyl (C=O) groups is 6. The zero-order valence-corrected chi connectivity index (χ0v) is 38.3. The minimum absolute atomic E-state index is 0.000527. The fourth-order valence-electron chi connectivity index (χ4n) is 7.02. The lowest BCUT2D eigenvalue weighted by atomic mass is 9.84. The Labute approximate surface area is 351 Å². The molecule has 13 nitrogen and oxygen atoms in total. The van der Waals surface area contributed by atoms with Crippen molar-refractivity contribution in [3.63, 3.8) is 0 Å². The van der Waals surface area contributed by atoms with Crippen molar-refractivity contribution in [3.05, 3.63) is 0 Å². The number of carbonyl (C=O) groups excluding carboxylic acids is 6. The summed E-state index contributed by atoms with van der Waals surface area (Å²) in [5, 5.41) is 22.7. The lowest BCUT2D eigenvalue weighted by molar-refractivity contribution is -0.138. The van der Waals surface area contributed by atoms with Crippen molar-refractivity contribution in [1.29, 1.82) is 0 Å². The fraction of sp³-hybridized carbons (Fsp3) is 0.867. The number of unbranched alkanes of at least 4 members (excludes halogenated alkanes) is 2. The predicted octanol–water partition coefficient (Wildman–Crippen LogP) is 6.35. The first-order chi connectivity index (χ1) is 27.2. The highest BCUT2D eigenvalue weighted by Gasteiger charge is 2.37. The minimum atomic E-state index is -0.781. The highest BCUT2D eigenvalue weighted by Crippen LogP contribution is 2.31. The Morgan fingerprint density at radius 1 is 0.879 bits per heavy atom. The van der Waals surface area contributed by atoms with Crippen molar-refractivity contribution in [1.82, 2.24) is 31.1 Å². The second-order valence-corrected chi connectivity index (χ2v) is 19.2. The van der Waals surface area contributed by atoms with E-state index in [4.69, 9.17) is 0 Å². The van der Waals surface area contributed by atoms with Gasteiger partial charge in [-0.05, 0) is 81.6 Å². The molecule has 58 heavy (non-hydrogen) atoms. The average molecular weight is 821 g/mol. The third-order valence-corrected chi connectivity index (χ3v) is 11.6. The number of piperidine rings is 1. The largest absolute Gasteiger partial charge is 0.378 e. The third-order valence-electron chi connectivity index (χ3n) is 11.6. The summed E-state index contributed by atoms with van der Waals surface area (Å²) < 4.78 is 0. The van der Waals surface area contributed by atoms with E-state index in [1.165, 1.54) is 19.3 Å². The Balaban J connectivity index is 0.00000108. The van der Waals surface area contributed by atoms with Crippen LogP contribution in [-0.2, 0) is 24.0 Å². The van der Waals surface area contributed by atoms with Crippen LogP contribution in [0.15, 0.2) is 0 Å². The number of nitrogens with zero attached hydrogens (tertiary/aromatic N) is 2. The van der Waals surface area contributed by atoms with E-state index in [0.29, 0.717) is 44.8 Å². The number of hydrogen-bond acceptors (Lipinski definition) is 8. The molecular formula is C45H84N6O7. The molecule has 1 aliphatic heterocycles. The minimum Gasteiger partial charge on any atom is -0.378 e. The summed E-state index contributed by atoms with van der Waals surface area (Å²) in [6, 6.07) is -1.06. The second kappa shape index (κ2) is 26.9. The number of likely N-dealkylation sites (N-methyl/N-ethyl adjacent to an activating group) is 1. The van der Waals surface area contributed by atoms with Gasteiger partial charge in [0.2, 0.25) is 18.1 Å². The molecule has 336 valence electrons. The molecule has 2 saturated carbocycles. The van der Waals surface area contributed by atoms with Crippen molar-refractivity contribution in [3.8, 4) is 0 Å². The molecule has 1 heterocycles. The van der Waals surface area contributed by atoms with Gasteiger partial charge in [-0.15, -0.1) is 0 Å². The lowest BCUT2D eigenvalue weighted by Gasteiger charge is -2.39. The molecule has 3 aliphatic rings. The van der Waals surface area contributed by atoms with Crippen LogP contribution >= 0.6 is 0 Å². The zero-order chi connectivity index (χ0) is 44.1. The van der Waals surface area contributed by atoms with Crippen LogP contribution in [0.5, 0.6) is 0 Å². The van der Waals surface area contributed by atoms with Crippen molar-refractivity contribution >= 4 is 36.3 Å². The number of aldehydes is 2. The first-order valence-corrected chi connectivity index (χ1v) is 22.4. The first kappa shape index (κ1) is 53.0. The molecule has 0 spiro atoms. The maximum absolute atomic E-state index is 14.0. The van der Waals surface area contributed by atoms with E-state index in [1.807, 2.05) is 55.5 Å². The van der Waals surface area contributed by atoms with Crippen LogP contribution in [0.2, 0.25) is 0 Å². The molecule has 0 radical (unpaired) electrons. The summed E-state index contributed by atoms with van der Waals surface area (Å²) in [7, 11) is 1.81. The van der Waals surface area contributed by atoms with Crippen LogP contribution in [-0.4, -0.2) is 108 Å². The zero-order valence-electron chi connectivity index (χ0n) is 38.3. The van der Waals surface area contributed by atoms with E-state index in [2.05, 4.69) is 42.0 Å². The van der Waals surface area contributed by atoms with E-state index >= 15 is 0 Å². The Bertz CT molecular complexity index is 1250. The van der Waals surface area contributed by atoms with Gasteiger partial charge in [0.05, 0.1) is 5.92 Å². The standard InChI is InChI=1S/C35H67N5O5.C5H7NO2.C5H10/c1-11-13-14-17-25(3)30(32(44)40-20-15-18-27(23-40)31(43)36-26(4)16-12-2)38-33(45)37-28(34(5,6)7)24-39(10)29(42)22-35(8,9)19-21-41;7-3-5(8)6-4-1-2-4;1-2-5-3-4-5/h21,25-30,42H,11-20,22-24H2,1-10H3,(H,36,43)(H2,37,38,45);3-4H,1-2H2,(H,6,8);5H,2-4H2,1H3. The summed E-state index contributed by atoms with van der Waals surface area (Å²) in [5.74, 6) is 0.176. The fourth-order valence-corrected chi connectivity index (χ4v) is 7.02. The number of nitrogens with one attached hydrogen (secondary N) is 4. The van der Waals surface area contributed by atoms with Gasteiger partial charge in [-0.25, -0.2) is 4.79 Å². The highest BCUT2D eigenvalue weighted by atomic mass is 16.3. The molecule has 6 atom stereocenters. The Morgan fingerprint density at radius 3 is 2.03 bits per heavy atom. The van der Waals surface area contributed by atoms with Crippen molar-refractivity contribution in [2.75, 3.05) is 26.7 Å². The van der Waals surface area contributed by atoms with Gasteiger partial charge in [0.25, 0.3) is 5.91 Å². The van der Waals surface area contributed by atoms with Gasteiger partial charge in [-0.1, -0.05) is 107 Å². The molecule has 13 heteroatoms. The average Bonchev–Trinajstić information content (AvgIpc) is 4.10. The van der Waals surface area contributed by atoms with Crippen molar-refractivity contribution in [2.45, 2.75) is 196 Å². The Kier molecular flexibility index (Phi) is 24.6. The summed E-state index contributed by atoms with van der Waals surface area (Å²) in [6.45, 7) is 21.9. The van der Waals surface area contributed by atoms with Crippen molar-refractivity contribution < 1.29 is 33.9 Å². The molecular weight excluding hydrogens is 737 g/mol. The van der Waals surface area contributed by atoms with Gasteiger partial charge in [-0.2, -0.15) is 0 Å². The normalized spacial score (nSPS) is 19.4. The topological polar surface area (TPSA) is 177 Å². The quantitative estimate of drug-likeness (QED) is 0.0363. The molecule has 0 aromatic rings. The van der Waals surface area contributed by atoms with Crippen molar-refractivity contribution in [2.24, 2.45) is 28.6 Å². The summed E-state index contributed by atoms with van der Waals surface area (Å²) in [5.41, 5.74) is -0.681. The first-order valence-electron chi connectivity index (χ1n) is 22.4. The van der Waals surface area contributed by atoms with Crippen LogP contribution in [0, 0.1) is 28.6 Å². The highest BCUT2D eigenvalue weighted by molar-refractivity contribution is 6.23. The number of amides is 5. The Morgan fingerprint density at radius 2 is 1.53 bits per heavy atom. The van der Waals surface area contributed by atoms with Gasteiger partial charge in [0.15, 0.2) is 0 Å². The van der Waals surface area contributed by atoms with E-state index in [9.17, 15) is 33.9 Å². The number of urea groups is 1. The lowest BCUT2D eigenvalue weighted by Crippen LogP contribution is -2.60. The molecule has 3 fully saturated rings. The van der Waals surface area contributed by atoms with Gasteiger partial charge in [0.1, 0.15) is 18.6 Å². The van der Waals surface area contributed by atoms with E-state index in [-0.39, 0.29) is 46.6 Å². The molecule has 0 aromatic carbocycles. The number of rotatable bonds is 22. The van der Waals surface area contributed by atoms with E-state index in [0.717, 1.165) is 76.4 Å². The number of aliphatic hydroxyl groups is 1. The van der Waals surface area contributed by atoms with Crippen LogP contribution in [0.4, 0.5) is 4.79 Å². The molecule has 6 unspecified atom stereocenters. The molecule has 2 aliphatic carbocycles. The van der Waals surface area contributed by atoms with Crippen LogP contribution in [0.3, 0.4) is 0 Å². The monoisotopic (exact) mass is 821 g/mol. The second-order valence-electron chi connectivity index (χ2n) is 19.2. The maximum Gasteiger partial charge on any atom is 0.315 e. The number of aliphatic hydroxyl groups excluding tert-OH is 1. The summed E-state index contributed by atoms with van der Waals surface area (Å²) >= 11 is 0. The molecule has 0 aromatic heterocycles. The molecule has 0 bridgehead atoms. The predicted molar refractivity (Wildman–Crippen MR) is 232 cm³/mol. The van der Waals surface area contributed by atoms with E-state index in [1.54, 1.807) is 9.80 Å². The number of likely N-dealkylation sites (tertiary alicyclic amines) is 1.